The lowest BCUT2D eigenvalue weighted by Crippen LogP contribution is -2.39. The van der Waals surface area contributed by atoms with Gasteiger partial charge in [-0.2, -0.15) is 0 Å². The van der Waals surface area contributed by atoms with Gasteiger partial charge in [0.05, 0.1) is 18.6 Å². The van der Waals surface area contributed by atoms with Crippen molar-refractivity contribution in [3.05, 3.63) is 28.8 Å². The van der Waals surface area contributed by atoms with Crippen molar-refractivity contribution < 1.29 is 13.2 Å². The van der Waals surface area contributed by atoms with Gasteiger partial charge in [-0.3, -0.25) is 0 Å². The number of benzene rings is 1. The Kier molecular flexibility index (Phi) is 4.71. The lowest BCUT2D eigenvalue weighted by atomic mass is 10.1. The molecule has 0 bridgehead atoms. The van der Waals surface area contributed by atoms with Gasteiger partial charge >= 0.3 is 0 Å². The van der Waals surface area contributed by atoms with Crippen LogP contribution in [0.15, 0.2) is 18.2 Å². The summed E-state index contributed by atoms with van der Waals surface area (Å²) < 4.78 is 28.4. The molecule has 0 aromatic heterocycles. The Morgan fingerprint density at radius 3 is 2.95 bits per heavy atom. The van der Waals surface area contributed by atoms with Crippen LogP contribution in [0.1, 0.15) is 18.4 Å². The average molecular weight is 304 g/mol. The van der Waals surface area contributed by atoms with E-state index in [1.165, 1.54) is 0 Å². The molecule has 1 aromatic rings. The Bertz CT molecular complexity index is 545. The number of rotatable bonds is 4. The normalized spacial score (nSPS) is 22.1. The molecule has 19 heavy (non-hydrogen) atoms. The SMILES string of the molecule is COc1ccc(Cl)cc1CNC1CCCS(=O)(=O)C1. The minimum absolute atomic E-state index is 0.0161. The zero-order chi connectivity index (χ0) is 13.9. The Hall–Kier alpha value is -0.780. The molecule has 1 unspecified atom stereocenters. The Labute approximate surface area is 119 Å². The van der Waals surface area contributed by atoms with E-state index in [9.17, 15) is 8.42 Å². The highest BCUT2D eigenvalue weighted by Crippen LogP contribution is 2.23. The van der Waals surface area contributed by atoms with E-state index in [1.54, 1.807) is 13.2 Å². The van der Waals surface area contributed by atoms with Crippen LogP contribution in [0.2, 0.25) is 5.02 Å². The van der Waals surface area contributed by atoms with Crippen LogP contribution in [-0.2, 0) is 16.4 Å². The van der Waals surface area contributed by atoms with Crippen LogP contribution in [0, 0.1) is 0 Å². The topological polar surface area (TPSA) is 55.4 Å². The first-order valence-corrected chi connectivity index (χ1v) is 8.46. The van der Waals surface area contributed by atoms with Crippen molar-refractivity contribution in [1.82, 2.24) is 5.32 Å². The maximum atomic E-state index is 11.6. The van der Waals surface area contributed by atoms with Gasteiger partial charge in [0.15, 0.2) is 9.84 Å². The molecule has 1 N–H and O–H groups in total. The molecular formula is C13H18ClNO3S. The van der Waals surface area contributed by atoms with Gasteiger partial charge in [0, 0.05) is 23.2 Å². The summed E-state index contributed by atoms with van der Waals surface area (Å²) in [4.78, 5) is 0. The van der Waals surface area contributed by atoms with Crippen molar-refractivity contribution in [2.75, 3.05) is 18.6 Å². The van der Waals surface area contributed by atoms with E-state index in [4.69, 9.17) is 16.3 Å². The molecular weight excluding hydrogens is 286 g/mol. The smallest absolute Gasteiger partial charge is 0.151 e. The molecule has 1 atom stereocenters. The maximum absolute atomic E-state index is 11.6. The average Bonchev–Trinajstić information content (AvgIpc) is 2.35. The Balaban J connectivity index is 2.00. The van der Waals surface area contributed by atoms with Crippen molar-refractivity contribution in [2.24, 2.45) is 0 Å². The molecule has 0 aliphatic carbocycles. The lowest BCUT2D eigenvalue weighted by molar-refractivity contribution is 0.404. The van der Waals surface area contributed by atoms with Gasteiger partial charge in [0.25, 0.3) is 0 Å². The maximum Gasteiger partial charge on any atom is 0.151 e. The number of ether oxygens (including phenoxy) is 1. The summed E-state index contributed by atoms with van der Waals surface area (Å²) in [5, 5.41) is 3.92. The number of methoxy groups -OCH3 is 1. The van der Waals surface area contributed by atoms with Gasteiger partial charge < -0.3 is 10.1 Å². The van der Waals surface area contributed by atoms with Crippen LogP contribution in [0.5, 0.6) is 5.75 Å². The highest BCUT2D eigenvalue weighted by molar-refractivity contribution is 7.91. The number of sulfone groups is 1. The predicted molar refractivity (Wildman–Crippen MR) is 76.5 cm³/mol. The Morgan fingerprint density at radius 2 is 2.26 bits per heavy atom. The molecule has 1 aliphatic heterocycles. The monoisotopic (exact) mass is 303 g/mol. The van der Waals surface area contributed by atoms with Crippen LogP contribution in [0.3, 0.4) is 0 Å². The molecule has 1 saturated heterocycles. The Morgan fingerprint density at radius 1 is 1.47 bits per heavy atom. The number of hydrogen-bond donors (Lipinski definition) is 1. The molecule has 0 spiro atoms. The van der Waals surface area contributed by atoms with Crippen LogP contribution in [0.4, 0.5) is 0 Å². The quantitative estimate of drug-likeness (QED) is 0.924. The van der Waals surface area contributed by atoms with Crippen LogP contribution < -0.4 is 10.1 Å². The standard InChI is InChI=1S/C13H18ClNO3S/c1-18-13-5-4-11(14)7-10(13)8-15-12-3-2-6-19(16,17)9-12/h4-5,7,12,15H,2-3,6,8-9H2,1H3. The summed E-state index contributed by atoms with van der Waals surface area (Å²) in [6.45, 7) is 0.559. The van der Waals surface area contributed by atoms with Crippen molar-refractivity contribution in [3.8, 4) is 5.75 Å². The van der Waals surface area contributed by atoms with Gasteiger partial charge in [0.2, 0.25) is 0 Å². The van der Waals surface area contributed by atoms with Crippen LogP contribution in [0.25, 0.3) is 0 Å². The van der Waals surface area contributed by atoms with E-state index in [0.717, 1.165) is 24.2 Å². The molecule has 1 fully saturated rings. The fourth-order valence-corrected chi connectivity index (χ4v) is 4.19. The van der Waals surface area contributed by atoms with E-state index in [0.29, 0.717) is 17.3 Å². The first-order chi connectivity index (χ1) is 9.00. The number of hydrogen-bond acceptors (Lipinski definition) is 4. The second-order valence-corrected chi connectivity index (χ2v) is 7.46. The second kappa shape index (κ2) is 6.11. The van der Waals surface area contributed by atoms with Crippen molar-refractivity contribution >= 4 is 21.4 Å². The third-order valence-corrected chi connectivity index (χ3v) is 5.34. The molecule has 6 heteroatoms. The first kappa shape index (κ1) is 14.6. The molecule has 0 saturated carbocycles. The minimum atomic E-state index is -2.88. The molecule has 106 valence electrons. The molecule has 4 nitrogen and oxygen atoms in total. The van der Waals surface area contributed by atoms with Crippen molar-refractivity contribution in [1.29, 1.82) is 0 Å². The van der Waals surface area contributed by atoms with E-state index in [-0.39, 0.29) is 11.8 Å². The zero-order valence-corrected chi connectivity index (χ0v) is 12.4. The number of nitrogens with one attached hydrogen (secondary N) is 1. The summed E-state index contributed by atoms with van der Waals surface area (Å²) in [5.41, 5.74) is 0.943. The minimum Gasteiger partial charge on any atom is -0.496 e. The molecule has 1 aromatic carbocycles. The van der Waals surface area contributed by atoms with Crippen molar-refractivity contribution in [2.45, 2.75) is 25.4 Å². The fraction of sp³-hybridized carbons (Fsp3) is 0.538. The van der Waals surface area contributed by atoms with Crippen molar-refractivity contribution in [3.63, 3.8) is 0 Å². The summed E-state index contributed by atoms with van der Waals surface area (Å²) in [7, 11) is -1.27. The number of halogens is 1. The molecule has 0 radical (unpaired) electrons. The van der Waals surface area contributed by atoms with Gasteiger partial charge in [-0.25, -0.2) is 8.42 Å². The van der Waals surface area contributed by atoms with Crippen LogP contribution in [-0.4, -0.2) is 33.1 Å². The summed E-state index contributed by atoms with van der Waals surface area (Å²) >= 11 is 5.96. The fourth-order valence-electron chi connectivity index (χ4n) is 2.32. The third-order valence-electron chi connectivity index (χ3n) is 3.29. The summed E-state index contributed by atoms with van der Waals surface area (Å²) in [5.74, 6) is 1.29. The third kappa shape index (κ3) is 4.09. The summed E-state index contributed by atoms with van der Waals surface area (Å²) in [6, 6.07) is 5.44. The van der Waals surface area contributed by atoms with E-state index >= 15 is 0 Å². The van der Waals surface area contributed by atoms with Gasteiger partial charge in [-0.15, -0.1) is 0 Å². The van der Waals surface area contributed by atoms with E-state index < -0.39 is 9.84 Å². The first-order valence-electron chi connectivity index (χ1n) is 6.26. The lowest BCUT2D eigenvalue weighted by Gasteiger charge is -2.23. The summed E-state index contributed by atoms with van der Waals surface area (Å²) in [6.07, 6.45) is 1.62. The van der Waals surface area contributed by atoms with Crippen LogP contribution >= 0.6 is 11.6 Å². The van der Waals surface area contributed by atoms with Gasteiger partial charge in [0.1, 0.15) is 5.75 Å². The van der Waals surface area contributed by atoms with Gasteiger partial charge in [-0.05, 0) is 31.0 Å². The predicted octanol–water partition coefficient (Wildman–Crippen LogP) is 2.02. The largest absolute Gasteiger partial charge is 0.496 e. The van der Waals surface area contributed by atoms with Gasteiger partial charge in [-0.1, -0.05) is 11.6 Å². The molecule has 1 aliphatic rings. The van der Waals surface area contributed by atoms with E-state index in [2.05, 4.69) is 5.32 Å². The highest BCUT2D eigenvalue weighted by Gasteiger charge is 2.24. The zero-order valence-electron chi connectivity index (χ0n) is 10.9. The van der Waals surface area contributed by atoms with E-state index in [1.807, 2.05) is 12.1 Å². The second-order valence-electron chi connectivity index (χ2n) is 4.79. The molecule has 1 heterocycles. The molecule has 0 amide bonds. The molecule has 2 rings (SSSR count). The highest BCUT2D eigenvalue weighted by atomic mass is 35.5.